The summed E-state index contributed by atoms with van der Waals surface area (Å²) in [5.74, 6) is 0.852. The van der Waals surface area contributed by atoms with Crippen LogP contribution in [-0.4, -0.2) is 10.9 Å². The van der Waals surface area contributed by atoms with Crippen LogP contribution in [0.5, 0.6) is 0 Å². The molecule has 1 N–H and O–H groups in total. The minimum atomic E-state index is -0.0402. The summed E-state index contributed by atoms with van der Waals surface area (Å²) in [6.07, 6.45) is 0.302. The summed E-state index contributed by atoms with van der Waals surface area (Å²) >= 11 is 3.30. The van der Waals surface area contributed by atoms with Gasteiger partial charge in [0.25, 0.3) is 0 Å². The molecule has 0 atom stereocenters. The fourth-order valence-electron chi connectivity index (χ4n) is 2.16. The molecule has 24 heavy (non-hydrogen) atoms. The van der Waals surface area contributed by atoms with E-state index in [-0.39, 0.29) is 5.91 Å². The van der Waals surface area contributed by atoms with Crippen LogP contribution in [0.15, 0.2) is 64.3 Å². The zero-order valence-corrected chi connectivity index (χ0v) is 15.0. The Morgan fingerprint density at radius 2 is 1.88 bits per heavy atom. The highest BCUT2D eigenvalue weighted by atomic mass is 32.2. The molecular weight excluding hydrogens is 336 g/mol. The van der Waals surface area contributed by atoms with Crippen LogP contribution in [0, 0.1) is 6.92 Å². The third-order valence-corrected chi connectivity index (χ3v) is 5.55. The number of amides is 1. The van der Waals surface area contributed by atoms with Crippen molar-refractivity contribution in [3.63, 3.8) is 0 Å². The molecule has 1 aromatic heterocycles. The third kappa shape index (κ3) is 4.94. The lowest BCUT2D eigenvalue weighted by Gasteiger charge is -2.03. The Kier molecular flexibility index (Phi) is 5.67. The molecule has 0 aliphatic heterocycles. The first kappa shape index (κ1) is 16.7. The molecule has 3 aromatic rings. The number of carbonyl (C=O) groups excluding carboxylic acids is 1. The summed E-state index contributed by atoms with van der Waals surface area (Å²) < 4.78 is 0.998. The smallest absolute Gasteiger partial charge is 0.230 e. The predicted octanol–water partition coefficient (Wildman–Crippen LogP) is 4.93. The van der Waals surface area contributed by atoms with Gasteiger partial charge in [-0.1, -0.05) is 59.8 Å². The predicted molar refractivity (Wildman–Crippen MR) is 102 cm³/mol. The maximum Gasteiger partial charge on any atom is 0.230 e. The average molecular weight is 355 g/mol. The number of nitrogens with zero attached hydrogens (tertiary/aromatic N) is 1. The molecular formula is C19H18N2OS2. The topological polar surface area (TPSA) is 42.0 Å². The first-order valence-corrected chi connectivity index (χ1v) is 9.53. The first-order valence-electron chi connectivity index (χ1n) is 7.67. The van der Waals surface area contributed by atoms with Crippen LogP contribution in [-0.2, 0) is 17.0 Å². The van der Waals surface area contributed by atoms with Crippen molar-refractivity contribution in [3.05, 3.63) is 76.8 Å². The van der Waals surface area contributed by atoms with Crippen LogP contribution >= 0.6 is 23.1 Å². The van der Waals surface area contributed by atoms with Gasteiger partial charge in [-0.05, 0) is 24.6 Å². The van der Waals surface area contributed by atoms with Gasteiger partial charge in [-0.2, -0.15) is 0 Å². The Morgan fingerprint density at radius 1 is 1.12 bits per heavy atom. The van der Waals surface area contributed by atoms with Crippen molar-refractivity contribution < 1.29 is 4.79 Å². The zero-order chi connectivity index (χ0) is 16.8. The van der Waals surface area contributed by atoms with Crippen LogP contribution in [0.4, 0.5) is 5.69 Å². The maximum atomic E-state index is 12.0. The summed E-state index contributed by atoms with van der Waals surface area (Å²) in [7, 11) is 0. The SMILES string of the molecule is Cc1ccc(CSc2nc(CC(=O)Nc3ccccc3)cs2)cc1. The van der Waals surface area contributed by atoms with Crippen molar-refractivity contribution in [2.75, 3.05) is 5.32 Å². The lowest BCUT2D eigenvalue weighted by Crippen LogP contribution is -2.14. The van der Waals surface area contributed by atoms with Crippen molar-refractivity contribution in [2.45, 2.75) is 23.4 Å². The molecule has 0 fully saturated rings. The minimum Gasteiger partial charge on any atom is -0.326 e. The van der Waals surface area contributed by atoms with Gasteiger partial charge in [0.1, 0.15) is 4.34 Å². The van der Waals surface area contributed by atoms with E-state index in [9.17, 15) is 4.79 Å². The Morgan fingerprint density at radius 3 is 2.62 bits per heavy atom. The second kappa shape index (κ2) is 8.13. The second-order valence-corrected chi connectivity index (χ2v) is 7.55. The van der Waals surface area contributed by atoms with E-state index in [0.717, 1.165) is 21.5 Å². The summed E-state index contributed by atoms with van der Waals surface area (Å²) in [5, 5.41) is 4.84. The van der Waals surface area contributed by atoms with Gasteiger partial charge in [0.15, 0.2) is 0 Å². The molecule has 0 unspecified atom stereocenters. The van der Waals surface area contributed by atoms with Gasteiger partial charge in [-0.3, -0.25) is 4.79 Å². The molecule has 5 heteroatoms. The van der Waals surface area contributed by atoms with Crippen LogP contribution in [0.25, 0.3) is 0 Å². The Hall–Kier alpha value is -2.11. The molecule has 1 amide bonds. The number of hydrogen-bond donors (Lipinski definition) is 1. The van der Waals surface area contributed by atoms with Gasteiger partial charge in [0.2, 0.25) is 5.91 Å². The average Bonchev–Trinajstić information content (AvgIpc) is 3.02. The van der Waals surface area contributed by atoms with E-state index in [2.05, 4.69) is 41.5 Å². The fraction of sp³-hybridized carbons (Fsp3) is 0.158. The number of para-hydroxylation sites is 1. The van der Waals surface area contributed by atoms with Gasteiger partial charge in [-0.25, -0.2) is 4.98 Å². The molecule has 0 aliphatic carbocycles. The van der Waals surface area contributed by atoms with Gasteiger partial charge in [-0.15, -0.1) is 11.3 Å². The molecule has 0 saturated heterocycles. The molecule has 0 radical (unpaired) electrons. The summed E-state index contributed by atoms with van der Waals surface area (Å²) in [6, 6.07) is 18.0. The molecule has 122 valence electrons. The highest BCUT2D eigenvalue weighted by molar-refractivity contribution is 8.00. The second-order valence-electron chi connectivity index (χ2n) is 5.47. The summed E-state index contributed by atoms with van der Waals surface area (Å²) in [5.41, 5.74) is 4.18. The van der Waals surface area contributed by atoms with Crippen molar-refractivity contribution in [2.24, 2.45) is 0 Å². The number of aryl methyl sites for hydroxylation is 1. The number of aromatic nitrogens is 1. The molecule has 0 saturated carbocycles. The van der Waals surface area contributed by atoms with Crippen molar-refractivity contribution in [3.8, 4) is 0 Å². The molecule has 3 rings (SSSR count). The number of benzene rings is 2. The first-order chi connectivity index (χ1) is 11.7. The van der Waals surface area contributed by atoms with Crippen molar-refractivity contribution in [1.82, 2.24) is 4.98 Å². The highest BCUT2D eigenvalue weighted by Crippen LogP contribution is 2.26. The van der Waals surface area contributed by atoms with Gasteiger partial charge in [0.05, 0.1) is 12.1 Å². The van der Waals surface area contributed by atoms with Crippen LogP contribution in [0.1, 0.15) is 16.8 Å². The summed E-state index contributed by atoms with van der Waals surface area (Å²) in [4.78, 5) is 16.6. The third-order valence-electron chi connectivity index (χ3n) is 3.41. The number of thioether (sulfide) groups is 1. The van der Waals surface area contributed by atoms with E-state index in [1.54, 1.807) is 23.1 Å². The number of hydrogen-bond acceptors (Lipinski definition) is 4. The van der Waals surface area contributed by atoms with Gasteiger partial charge in [0, 0.05) is 16.8 Å². The summed E-state index contributed by atoms with van der Waals surface area (Å²) in [6.45, 7) is 2.09. The van der Waals surface area contributed by atoms with E-state index in [0.29, 0.717) is 6.42 Å². The van der Waals surface area contributed by atoms with Crippen molar-refractivity contribution in [1.29, 1.82) is 0 Å². The number of anilines is 1. The normalized spacial score (nSPS) is 10.5. The lowest BCUT2D eigenvalue weighted by molar-refractivity contribution is -0.115. The number of thiazole rings is 1. The largest absolute Gasteiger partial charge is 0.326 e. The van der Waals surface area contributed by atoms with Crippen LogP contribution < -0.4 is 5.32 Å². The Balaban J connectivity index is 1.51. The lowest BCUT2D eigenvalue weighted by atomic mass is 10.2. The van der Waals surface area contributed by atoms with Crippen LogP contribution in [0.2, 0.25) is 0 Å². The van der Waals surface area contributed by atoms with Gasteiger partial charge >= 0.3 is 0 Å². The molecule has 3 nitrogen and oxygen atoms in total. The van der Waals surface area contributed by atoms with E-state index in [4.69, 9.17) is 0 Å². The Labute approximate surface area is 150 Å². The molecule has 0 aliphatic rings. The minimum absolute atomic E-state index is 0.0402. The standard InChI is InChI=1S/C19H18N2OS2/c1-14-7-9-15(10-8-14)12-23-19-21-17(13-24-19)11-18(22)20-16-5-3-2-4-6-16/h2-10,13H,11-12H2,1H3,(H,20,22). The molecule has 2 aromatic carbocycles. The van der Waals surface area contributed by atoms with Crippen LogP contribution in [0.3, 0.4) is 0 Å². The van der Waals surface area contributed by atoms with E-state index in [1.165, 1.54) is 11.1 Å². The Bertz CT molecular complexity index is 798. The van der Waals surface area contributed by atoms with Gasteiger partial charge < -0.3 is 5.32 Å². The number of nitrogens with one attached hydrogen (secondary N) is 1. The highest BCUT2D eigenvalue weighted by Gasteiger charge is 2.08. The number of rotatable bonds is 6. The van der Waals surface area contributed by atoms with Crippen molar-refractivity contribution >= 4 is 34.7 Å². The van der Waals surface area contributed by atoms with E-state index in [1.807, 2.05) is 35.7 Å². The molecule has 0 bridgehead atoms. The van der Waals surface area contributed by atoms with E-state index < -0.39 is 0 Å². The number of carbonyl (C=O) groups is 1. The monoisotopic (exact) mass is 354 g/mol. The zero-order valence-electron chi connectivity index (χ0n) is 13.4. The quantitative estimate of drug-likeness (QED) is 0.639. The fourth-order valence-corrected chi connectivity index (χ4v) is 3.96. The van der Waals surface area contributed by atoms with E-state index >= 15 is 0 Å². The maximum absolute atomic E-state index is 12.0. The molecule has 0 spiro atoms. The molecule has 1 heterocycles.